The topological polar surface area (TPSA) is 69.7 Å². The van der Waals surface area contributed by atoms with Crippen LogP contribution in [0.3, 0.4) is 0 Å². The molecule has 1 aliphatic rings. The maximum atomic E-state index is 9.61. The van der Waals surface area contributed by atoms with Crippen molar-refractivity contribution in [2.75, 3.05) is 19.6 Å². The molecule has 1 aliphatic heterocycles. The van der Waals surface area contributed by atoms with Gasteiger partial charge in [-0.3, -0.25) is 4.90 Å². The van der Waals surface area contributed by atoms with Gasteiger partial charge in [-0.1, -0.05) is 6.07 Å². The Morgan fingerprint density at radius 1 is 1.28 bits per heavy atom. The summed E-state index contributed by atoms with van der Waals surface area (Å²) in [5.74, 6) is 0.161. The number of hydrogen-bond donors (Lipinski definition) is 3. The van der Waals surface area contributed by atoms with E-state index in [1.807, 2.05) is 12.1 Å². The molecule has 4 nitrogen and oxygen atoms in total. The smallest absolute Gasteiger partial charge is 0.121 e. The van der Waals surface area contributed by atoms with E-state index in [-0.39, 0.29) is 12.4 Å². The van der Waals surface area contributed by atoms with Gasteiger partial charge in [0.2, 0.25) is 0 Å². The van der Waals surface area contributed by atoms with Crippen molar-refractivity contribution in [2.24, 2.45) is 5.73 Å². The Morgan fingerprint density at radius 2 is 2.00 bits per heavy atom. The lowest BCUT2D eigenvalue weighted by atomic mass is 9.99. The standard InChI is InChI=1S/C14H22N2O2/c15-6-5-13(16-7-1-2-8-16)11-3-4-14(18)12(9-11)10-17/h3-4,9,13,17-18H,1-2,5-8,10,15H2. The zero-order valence-corrected chi connectivity index (χ0v) is 10.7. The molecule has 1 heterocycles. The molecule has 0 spiro atoms. The van der Waals surface area contributed by atoms with E-state index in [9.17, 15) is 10.2 Å². The number of aromatic hydroxyl groups is 1. The van der Waals surface area contributed by atoms with Crippen LogP contribution in [0.2, 0.25) is 0 Å². The van der Waals surface area contributed by atoms with Gasteiger partial charge >= 0.3 is 0 Å². The van der Waals surface area contributed by atoms with Crippen molar-refractivity contribution in [1.82, 2.24) is 4.90 Å². The van der Waals surface area contributed by atoms with E-state index >= 15 is 0 Å². The van der Waals surface area contributed by atoms with Crippen molar-refractivity contribution >= 4 is 0 Å². The Labute approximate surface area is 108 Å². The van der Waals surface area contributed by atoms with E-state index in [2.05, 4.69) is 4.90 Å². The lowest BCUT2D eigenvalue weighted by Gasteiger charge is -2.28. The van der Waals surface area contributed by atoms with Gasteiger partial charge < -0.3 is 15.9 Å². The zero-order chi connectivity index (χ0) is 13.0. The molecular weight excluding hydrogens is 228 g/mol. The first-order valence-electron chi connectivity index (χ1n) is 6.63. The lowest BCUT2D eigenvalue weighted by Crippen LogP contribution is -2.27. The highest BCUT2D eigenvalue weighted by Crippen LogP contribution is 2.30. The predicted octanol–water partition coefficient (Wildman–Crippen LogP) is 1.37. The van der Waals surface area contributed by atoms with Crippen LogP contribution in [0.5, 0.6) is 5.75 Å². The molecule has 0 bridgehead atoms. The van der Waals surface area contributed by atoms with Gasteiger partial charge in [0.1, 0.15) is 5.75 Å². The summed E-state index contributed by atoms with van der Waals surface area (Å²) in [4.78, 5) is 2.44. The molecule has 0 aromatic heterocycles. The largest absolute Gasteiger partial charge is 0.508 e. The van der Waals surface area contributed by atoms with Gasteiger partial charge in [-0.15, -0.1) is 0 Å². The van der Waals surface area contributed by atoms with Crippen molar-refractivity contribution in [3.8, 4) is 5.75 Å². The average Bonchev–Trinajstić information content (AvgIpc) is 2.90. The minimum absolute atomic E-state index is 0.130. The van der Waals surface area contributed by atoms with Gasteiger partial charge in [-0.2, -0.15) is 0 Å². The fourth-order valence-electron chi connectivity index (χ4n) is 2.71. The number of hydrogen-bond acceptors (Lipinski definition) is 4. The quantitative estimate of drug-likeness (QED) is 0.738. The SMILES string of the molecule is NCCC(c1ccc(O)c(CO)c1)N1CCCC1. The Kier molecular flexibility index (Phi) is 4.58. The Balaban J connectivity index is 2.23. The van der Waals surface area contributed by atoms with Gasteiger partial charge in [0.25, 0.3) is 0 Å². The summed E-state index contributed by atoms with van der Waals surface area (Å²) >= 11 is 0. The maximum absolute atomic E-state index is 9.61. The molecule has 100 valence electrons. The number of nitrogens with zero attached hydrogens (tertiary/aromatic N) is 1. The van der Waals surface area contributed by atoms with E-state index in [0.717, 1.165) is 25.1 Å². The molecule has 4 N–H and O–H groups in total. The van der Waals surface area contributed by atoms with Crippen molar-refractivity contribution in [3.05, 3.63) is 29.3 Å². The van der Waals surface area contributed by atoms with Crippen LogP contribution in [0.4, 0.5) is 0 Å². The maximum Gasteiger partial charge on any atom is 0.121 e. The second-order valence-electron chi connectivity index (χ2n) is 4.88. The summed E-state index contributed by atoms with van der Waals surface area (Å²) in [7, 11) is 0. The van der Waals surface area contributed by atoms with E-state index in [4.69, 9.17) is 5.73 Å². The van der Waals surface area contributed by atoms with Crippen LogP contribution in [0.1, 0.15) is 36.4 Å². The molecule has 0 radical (unpaired) electrons. The van der Waals surface area contributed by atoms with Crippen molar-refractivity contribution < 1.29 is 10.2 Å². The first-order chi connectivity index (χ1) is 8.76. The van der Waals surface area contributed by atoms with Crippen LogP contribution in [-0.2, 0) is 6.61 Å². The van der Waals surface area contributed by atoms with Gasteiger partial charge in [0.05, 0.1) is 6.61 Å². The Morgan fingerprint density at radius 3 is 2.61 bits per heavy atom. The molecule has 0 amide bonds. The molecule has 1 aromatic carbocycles. The highest BCUT2D eigenvalue weighted by Gasteiger charge is 2.23. The number of phenols is 1. The molecule has 1 unspecified atom stereocenters. The van der Waals surface area contributed by atoms with E-state index in [0.29, 0.717) is 18.2 Å². The molecule has 1 saturated heterocycles. The fourth-order valence-corrected chi connectivity index (χ4v) is 2.71. The minimum Gasteiger partial charge on any atom is -0.508 e. The van der Waals surface area contributed by atoms with Crippen LogP contribution in [-0.4, -0.2) is 34.7 Å². The van der Waals surface area contributed by atoms with Gasteiger partial charge in [-0.25, -0.2) is 0 Å². The third-order valence-electron chi connectivity index (χ3n) is 3.68. The molecule has 1 aromatic rings. The molecule has 1 fully saturated rings. The van der Waals surface area contributed by atoms with E-state index in [1.165, 1.54) is 12.8 Å². The lowest BCUT2D eigenvalue weighted by molar-refractivity contribution is 0.234. The average molecular weight is 250 g/mol. The zero-order valence-electron chi connectivity index (χ0n) is 10.7. The number of likely N-dealkylation sites (tertiary alicyclic amines) is 1. The molecule has 4 heteroatoms. The van der Waals surface area contributed by atoms with E-state index < -0.39 is 0 Å². The first kappa shape index (κ1) is 13.3. The minimum atomic E-state index is -0.130. The van der Waals surface area contributed by atoms with Crippen LogP contribution in [0, 0.1) is 0 Å². The normalized spacial score (nSPS) is 18.1. The number of rotatable bonds is 5. The summed E-state index contributed by atoms with van der Waals surface area (Å²) in [6.07, 6.45) is 3.40. The second-order valence-corrected chi connectivity index (χ2v) is 4.88. The summed E-state index contributed by atoms with van der Waals surface area (Å²) in [5.41, 5.74) is 7.44. The highest BCUT2D eigenvalue weighted by molar-refractivity contribution is 5.37. The van der Waals surface area contributed by atoms with Crippen molar-refractivity contribution in [2.45, 2.75) is 31.9 Å². The third-order valence-corrected chi connectivity index (χ3v) is 3.68. The van der Waals surface area contributed by atoms with Crippen LogP contribution >= 0.6 is 0 Å². The van der Waals surface area contributed by atoms with Gasteiger partial charge in [0, 0.05) is 11.6 Å². The van der Waals surface area contributed by atoms with Crippen LogP contribution in [0.15, 0.2) is 18.2 Å². The monoisotopic (exact) mass is 250 g/mol. The second kappa shape index (κ2) is 6.18. The fraction of sp³-hybridized carbons (Fsp3) is 0.571. The van der Waals surface area contributed by atoms with Crippen molar-refractivity contribution in [3.63, 3.8) is 0 Å². The number of nitrogens with two attached hydrogens (primary N) is 1. The van der Waals surface area contributed by atoms with Crippen molar-refractivity contribution in [1.29, 1.82) is 0 Å². The highest BCUT2D eigenvalue weighted by atomic mass is 16.3. The summed E-state index contributed by atoms with van der Waals surface area (Å²) in [5, 5.41) is 18.8. The summed E-state index contributed by atoms with van der Waals surface area (Å²) in [6.45, 7) is 2.74. The molecule has 0 saturated carbocycles. The summed E-state index contributed by atoms with van der Waals surface area (Å²) in [6, 6.07) is 5.81. The Bertz CT molecular complexity index is 389. The predicted molar refractivity (Wildman–Crippen MR) is 71.2 cm³/mol. The molecular formula is C14H22N2O2. The first-order valence-corrected chi connectivity index (χ1v) is 6.63. The van der Waals surface area contributed by atoms with E-state index in [1.54, 1.807) is 6.07 Å². The number of benzene rings is 1. The number of aliphatic hydroxyl groups excluding tert-OH is 1. The molecule has 2 rings (SSSR count). The van der Waals surface area contributed by atoms with Gasteiger partial charge in [0.15, 0.2) is 0 Å². The molecule has 0 aliphatic carbocycles. The molecule has 1 atom stereocenters. The van der Waals surface area contributed by atoms with Gasteiger partial charge in [-0.05, 0) is 56.6 Å². The number of aliphatic hydroxyl groups is 1. The summed E-state index contributed by atoms with van der Waals surface area (Å²) < 4.78 is 0. The Hall–Kier alpha value is -1.10. The van der Waals surface area contributed by atoms with Crippen LogP contribution < -0.4 is 5.73 Å². The third kappa shape index (κ3) is 2.83. The van der Waals surface area contributed by atoms with Crippen LogP contribution in [0.25, 0.3) is 0 Å². The molecule has 18 heavy (non-hydrogen) atoms.